The molecule has 146 valence electrons. The molecular weight excluding hydrogens is 342 g/mol. The van der Waals surface area contributed by atoms with Gasteiger partial charge in [0.15, 0.2) is 12.0 Å². The van der Waals surface area contributed by atoms with Crippen molar-refractivity contribution in [2.75, 3.05) is 18.1 Å². The van der Waals surface area contributed by atoms with Gasteiger partial charge in [0.25, 0.3) is 0 Å². The third kappa shape index (κ3) is 2.52. The van der Waals surface area contributed by atoms with Gasteiger partial charge in [0.1, 0.15) is 5.60 Å². The van der Waals surface area contributed by atoms with Gasteiger partial charge in [-0.05, 0) is 43.9 Å². The summed E-state index contributed by atoms with van der Waals surface area (Å²) < 4.78 is 5.89. The molecule has 1 saturated heterocycles. The van der Waals surface area contributed by atoms with Crippen LogP contribution in [0.1, 0.15) is 52.0 Å². The fraction of sp³-hybridized carbons (Fsp3) is 0.591. The van der Waals surface area contributed by atoms with Gasteiger partial charge in [-0.3, -0.25) is 4.79 Å². The van der Waals surface area contributed by atoms with Crippen LogP contribution in [0.25, 0.3) is 0 Å². The van der Waals surface area contributed by atoms with Crippen LogP contribution in [0.15, 0.2) is 35.4 Å². The van der Waals surface area contributed by atoms with Crippen LogP contribution in [0, 0.1) is 5.41 Å². The van der Waals surface area contributed by atoms with Gasteiger partial charge < -0.3 is 19.8 Å². The Kier molecular flexibility index (Phi) is 4.45. The number of rotatable bonds is 5. The Morgan fingerprint density at radius 3 is 2.81 bits per heavy atom. The standard InChI is InChI=1S/C22H29NO4/c1-4-5-8-15-14(2)18(24)21(3,19(15)25)13-23-17-10-7-6-9-16(17)22(26)11-12-27-20(22)23/h6-7,9-10,19-20,25-26H,4-5,8,11-13H2,1-3H3/t19-,20+,21+,22-/m1/s1. The molecule has 1 aromatic carbocycles. The quantitative estimate of drug-likeness (QED) is 0.833. The molecule has 5 nitrogen and oxygen atoms in total. The molecule has 2 aliphatic heterocycles. The number of anilines is 1. The minimum Gasteiger partial charge on any atom is -0.388 e. The van der Waals surface area contributed by atoms with E-state index in [1.807, 2.05) is 43.0 Å². The lowest BCUT2D eigenvalue weighted by atomic mass is 9.81. The molecule has 0 amide bonds. The summed E-state index contributed by atoms with van der Waals surface area (Å²) in [5.41, 5.74) is 1.34. The zero-order valence-electron chi connectivity index (χ0n) is 16.4. The number of fused-ring (bicyclic) bond motifs is 3. The van der Waals surface area contributed by atoms with Crippen molar-refractivity contribution in [3.8, 4) is 0 Å². The molecule has 0 radical (unpaired) electrons. The monoisotopic (exact) mass is 371 g/mol. The SMILES string of the molecule is CCCCC1=C(C)C(=O)[C@](C)(CN2c3ccccc3[C@]3(O)CCO[C@H]23)[C@@H]1O. The maximum Gasteiger partial charge on any atom is 0.169 e. The maximum absolute atomic E-state index is 13.1. The lowest BCUT2D eigenvalue weighted by molar-refractivity contribution is -0.126. The van der Waals surface area contributed by atoms with Gasteiger partial charge in [0.05, 0.1) is 18.1 Å². The maximum atomic E-state index is 13.1. The van der Waals surface area contributed by atoms with E-state index in [0.717, 1.165) is 36.1 Å². The zero-order valence-corrected chi connectivity index (χ0v) is 16.4. The number of hydrogen-bond donors (Lipinski definition) is 2. The summed E-state index contributed by atoms with van der Waals surface area (Å²) in [4.78, 5) is 15.1. The molecular formula is C22H29NO4. The van der Waals surface area contributed by atoms with E-state index < -0.39 is 23.3 Å². The number of ketones is 1. The molecule has 2 N–H and O–H groups in total. The highest BCUT2D eigenvalue weighted by Gasteiger charge is 2.58. The number of carbonyl (C=O) groups is 1. The fourth-order valence-electron chi connectivity index (χ4n) is 5.08. The Morgan fingerprint density at radius 1 is 1.33 bits per heavy atom. The van der Waals surface area contributed by atoms with Gasteiger partial charge in [-0.2, -0.15) is 0 Å². The first-order valence-corrected chi connectivity index (χ1v) is 9.97. The van der Waals surface area contributed by atoms with Crippen molar-refractivity contribution in [1.29, 1.82) is 0 Å². The third-order valence-electron chi connectivity index (χ3n) is 6.70. The molecule has 4 atom stereocenters. The topological polar surface area (TPSA) is 70.0 Å². The molecule has 2 heterocycles. The summed E-state index contributed by atoms with van der Waals surface area (Å²) in [7, 11) is 0. The molecule has 0 unspecified atom stereocenters. The molecule has 5 heteroatoms. The second-order valence-corrected chi connectivity index (χ2v) is 8.45. The number of allylic oxidation sites excluding steroid dienone is 1. The van der Waals surface area contributed by atoms with E-state index in [2.05, 4.69) is 6.92 Å². The molecule has 3 aliphatic rings. The van der Waals surface area contributed by atoms with Crippen molar-refractivity contribution in [2.24, 2.45) is 5.41 Å². The van der Waals surface area contributed by atoms with Crippen LogP contribution in [-0.2, 0) is 15.1 Å². The summed E-state index contributed by atoms with van der Waals surface area (Å²) in [5.74, 6) is 0.00650. The Balaban J connectivity index is 1.67. The number of hydrogen-bond acceptors (Lipinski definition) is 5. The lowest BCUT2D eigenvalue weighted by Gasteiger charge is -2.37. The number of aliphatic hydroxyl groups is 2. The minimum absolute atomic E-state index is 0.00650. The first-order chi connectivity index (χ1) is 12.8. The van der Waals surface area contributed by atoms with Crippen LogP contribution >= 0.6 is 0 Å². The smallest absolute Gasteiger partial charge is 0.169 e. The molecule has 0 saturated carbocycles. The van der Waals surface area contributed by atoms with Crippen molar-refractivity contribution in [1.82, 2.24) is 0 Å². The first-order valence-electron chi connectivity index (χ1n) is 9.97. The van der Waals surface area contributed by atoms with Crippen molar-refractivity contribution >= 4 is 11.5 Å². The molecule has 1 aliphatic carbocycles. The lowest BCUT2D eigenvalue weighted by Crippen LogP contribution is -2.51. The highest BCUT2D eigenvalue weighted by molar-refractivity contribution is 6.04. The summed E-state index contributed by atoms with van der Waals surface area (Å²) in [6, 6.07) is 7.74. The van der Waals surface area contributed by atoms with Gasteiger partial charge in [-0.1, -0.05) is 31.5 Å². The number of para-hydroxylation sites is 1. The van der Waals surface area contributed by atoms with Crippen LogP contribution in [0.5, 0.6) is 0 Å². The van der Waals surface area contributed by atoms with Gasteiger partial charge in [-0.15, -0.1) is 0 Å². The summed E-state index contributed by atoms with van der Waals surface area (Å²) >= 11 is 0. The second-order valence-electron chi connectivity index (χ2n) is 8.45. The van der Waals surface area contributed by atoms with Gasteiger partial charge in [0.2, 0.25) is 0 Å². The average molecular weight is 371 g/mol. The van der Waals surface area contributed by atoms with E-state index in [0.29, 0.717) is 25.1 Å². The van der Waals surface area contributed by atoms with E-state index >= 15 is 0 Å². The van der Waals surface area contributed by atoms with Crippen LogP contribution in [-0.4, -0.2) is 41.5 Å². The highest BCUT2D eigenvalue weighted by Crippen LogP contribution is 2.51. The molecule has 0 aromatic heterocycles. The Labute approximate surface area is 160 Å². The summed E-state index contributed by atoms with van der Waals surface area (Å²) in [5, 5.41) is 22.3. The largest absolute Gasteiger partial charge is 0.388 e. The second kappa shape index (κ2) is 6.43. The van der Waals surface area contributed by atoms with Crippen LogP contribution < -0.4 is 4.90 Å². The number of ether oxygens (including phenoxy) is 1. The molecule has 27 heavy (non-hydrogen) atoms. The van der Waals surface area contributed by atoms with Crippen LogP contribution in [0.3, 0.4) is 0 Å². The highest BCUT2D eigenvalue weighted by atomic mass is 16.5. The van der Waals surface area contributed by atoms with Crippen LogP contribution in [0.2, 0.25) is 0 Å². The number of benzene rings is 1. The molecule has 0 spiro atoms. The van der Waals surface area contributed by atoms with E-state index in [1.54, 1.807) is 0 Å². The number of Topliss-reactive ketones (excluding diaryl/α,β-unsaturated/α-hetero) is 1. The zero-order chi connectivity index (χ0) is 19.4. The number of aliphatic hydroxyl groups excluding tert-OH is 1. The van der Waals surface area contributed by atoms with Gasteiger partial charge in [0, 0.05) is 24.2 Å². The number of carbonyl (C=O) groups excluding carboxylic acids is 1. The first kappa shape index (κ1) is 18.7. The number of unbranched alkanes of at least 4 members (excludes halogenated alkanes) is 1. The summed E-state index contributed by atoms with van der Waals surface area (Å²) in [6.45, 7) is 6.60. The molecule has 0 bridgehead atoms. The minimum atomic E-state index is -1.05. The van der Waals surface area contributed by atoms with Crippen molar-refractivity contribution in [3.05, 3.63) is 41.0 Å². The van der Waals surface area contributed by atoms with Gasteiger partial charge >= 0.3 is 0 Å². The van der Waals surface area contributed by atoms with Gasteiger partial charge in [-0.25, -0.2) is 0 Å². The van der Waals surface area contributed by atoms with Crippen LogP contribution in [0.4, 0.5) is 5.69 Å². The van der Waals surface area contributed by atoms with E-state index in [1.165, 1.54) is 0 Å². The average Bonchev–Trinajstić information content (AvgIpc) is 3.20. The molecule has 1 aromatic rings. The van der Waals surface area contributed by atoms with Crippen molar-refractivity contribution in [2.45, 2.75) is 64.4 Å². The third-order valence-corrected chi connectivity index (χ3v) is 6.70. The summed E-state index contributed by atoms with van der Waals surface area (Å²) in [6.07, 6.45) is 1.98. The Bertz CT molecular complexity index is 803. The predicted molar refractivity (Wildman–Crippen MR) is 103 cm³/mol. The van der Waals surface area contributed by atoms with Crippen molar-refractivity contribution in [3.63, 3.8) is 0 Å². The Morgan fingerprint density at radius 2 is 2.07 bits per heavy atom. The van der Waals surface area contributed by atoms with E-state index in [9.17, 15) is 15.0 Å². The molecule has 1 fully saturated rings. The molecule has 4 rings (SSSR count). The normalized spacial score (nSPS) is 35.1. The fourth-order valence-corrected chi connectivity index (χ4v) is 5.08. The van der Waals surface area contributed by atoms with E-state index in [-0.39, 0.29) is 5.78 Å². The van der Waals surface area contributed by atoms with Crippen molar-refractivity contribution < 1.29 is 19.7 Å². The number of nitrogens with zero attached hydrogens (tertiary/aromatic N) is 1. The Hall–Kier alpha value is -1.69. The predicted octanol–water partition coefficient (Wildman–Crippen LogP) is 2.90. The van der Waals surface area contributed by atoms with E-state index in [4.69, 9.17) is 4.74 Å².